The van der Waals surface area contributed by atoms with Crippen molar-refractivity contribution in [1.82, 2.24) is 0 Å². The molecule has 2 aromatic carbocycles. The van der Waals surface area contributed by atoms with Crippen molar-refractivity contribution in [3.8, 4) is 5.75 Å². The molecular formula is C19H22BrNO2. The van der Waals surface area contributed by atoms with E-state index in [0.29, 0.717) is 5.92 Å². The van der Waals surface area contributed by atoms with Gasteiger partial charge in [0.1, 0.15) is 5.75 Å². The maximum atomic E-state index is 12.1. The molecule has 0 heterocycles. The smallest absolute Gasteiger partial charge is 0.262 e. The Morgan fingerprint density at radius 2 is 1.91 bits per heavy atom. The quantitative estimate of drug-likeness (QED) is 0.778. The van der Waals surface area contributed by atoms with E-state index in [1.54, 1.807) is 0 Å². The zero-order chi connectivity index (χ0) is 17.0. The summed E-state index contributed by atoms with van der Waals surface area (Å²) in [5.41, 5.74) is 4.13. The molecular weight excluding hydrogens is 354 g/mol. The van der Waals surface area contributed by atoms with E-state index in [0.717, 1.165) is 27.0 Å². The van der Waals surface area contributed by atoms with Gasteiger partial charge in [0.2, 0.25) is 0 Å². The summed E-state index contributed by atoms with van der Waals surface area (Å²) in [6.45, 7) is 8.21. The van der Waals surface area contributed by atoms with Crippen LogP contribution in [0.25, 0.3) is 0 Å². The Morgan fingerprint density at radius 1 is 1.17 bits per heavy atom. The molecule has 2 aromatic rings. The van der Waals surface area contributed by atoms with Crippen LogP contribution in [0.1, 0.15) is 36.5 Å². The molecule has 0 aliphatic heterocycles. The Kier molecular flexibility index (Phi) is 5.83. The third kappa shape index (κ3) is 4.83. The molecule has 0 spiro atoms. The van der Waals surface area contributed by atoms with Crippen molar-refractivity contribution in [2.24, 2.45) is 0 Å². The predicted octanol–water partition coefficient (Wildman–Crippen LogP) is 5.21. The van der Waals surface area contributed by atoms with E-state index >= 15 is 0 Å². The first-order chi connectivity index (χ1) is 10.9. The lowest BCUT2D eigenvalue weighted by atomic mass is 10.0. The predicted molar refractivity (Wildman–Crippen MR) is 98.3 cm³/mol. The fourth-order valence-corrected chi connectivity index (χ4v) is 2.76. The zero-order valence-corrected chi connectivity index (χ0v) is 15.5. The molecule has 0 fully saturated rings. The van der Waals surface area contributed by atoms with Crippen molar-refractivity contribution < 1.29 is 9.53 Å². The van der Waals surface area contributed by atoms with E-state index in [1.165, 1.54) is 5.56 Å². The van der Waals surface area contributed by atoms with E-state index < -0.39 is 0 Å². The Hall–Kier alpha value is -1.81. The molecule has 0 aliphatic rings. The van der Waals surface area contributed by atoms with Crippen LogP contribution < -0.4 is 10.1 Å². The molecule has 0 aromatic heterocycles. The first-order valence-electron chi connectivity index (χ1n) is 7.66. The van der Waals surface area contributed by atoms with Crippen LogP contribution in [-0.4, -0.2) is 12.5 Å². The van der Waals surface area contributed by atoms with Crippen molar-refractivity contribution in [3.63, 3.8) is 0 Å². The van der Waals surface area contributed by atoms with Gasteiger partial charge >= 0.3 is 0 Å². The van der Waals surface area contributed by atoms with Crippen molar-refractivity contribution in [2.75, 3.05) is 11.9 Å². The summed E-state index contributed by atoms with van der Waals surface area (Å²) in [5, 5.41) is 2.89. The monoisotopic (exact) mass is 375 g/mol. The Morgan fingerprint density at radius 3 is 2.57 bits per heavy atom. The second-order valence-corrected chi connectivity index (χ2v) is 6.91. The minimum atomic E-state index is -0.158. The Balaban J connectivity index is 2.02. The summed E-state index contributed by atoms with van der Waals surface area (Å²) < 4.78 is 6.73. The summed E-state index contributed by atoms with van der Waals surface area (Å²) in [5.74, 6) is 0.915. The third-order valence-electron chi connectivity index (χ3n) is 3.61. The fraction of sp³-hybridized carbons (Fsp3) is 0.316. The number of halogens is 1. The number of amides is 1. The molecule has 23 heavy (non-hydrogen) atoms. The highest BCUT2D eigenvalue weighted by Crippen LogP contribution is 2.29. The van der Waals surface area contributed by atoms with Gasteiger partial charge in [-0.3, -0.25) is 4.79 Å². The van der Waals surface area contributed by atoms with E-state index in [4.69, 9.17) is 4.74 Å². The number of hydrogen-bond donors (Lipinski definition) is 1. The van der Waals surface area contributed by atoms with Gasteiger partial charge in [-0.2, -0.15) is 0 Å². The van der Waals surface area contributed by atoms with Crippen LogP contribution in [0.15, 0.2) is 40.9 Å². The molecule has 0 radical (unpaired) electrons. The summed E-state index contributed by atoms with van der Waals surface area (Å²) in [6, 6.07) is 11.8. The number of aryl methyl sites for hydroxylation is 2. The van der Waals surface area contributed by atoms with Gasteiger partial charge in [0.25, 0.3) is 5.91 Å². The minimum Gasteiger partial charge on any atom is -0.483 e. The van der Waals surface area contributed by atoms with Crippen LogP contribution in [0.2, 0.25) is 0 Å². The minimum absolute atomic E-state index is 0.00529. The first-order valence-corrected chi connectivity index (χ1v) is 8.45. The van der Waals surface area contributed by atoms with Crippen LogP contribution in [0.4, 0.5) is 5.69 Å². The SMILES string of the molecule is Cc1ccc(NC(=O)COc2ccc(Br)cc2C(C)C)c(C)c1. The van der Waals surface area contributed by atoms with Crippen LogP contribution in [0, 0.1) is 13.8 Å². The normalized spacial score (nSPS) is 10.7. The van der Waals surface area contributed by atoms with E-state index in [2.05, 4.69) is 35.1 Å². The summed E-state index contributed by atoms with van der Waals surface area (Å²) in [4.78, 5) is 12.1. The summed E-state index contributed by atoms with van der Waals surface area (Å²) in [7, 11) is 0. The van der Waals surface area contributed by atoms with Crippen molar-refractivity contribution >= 4 is 27.5 Å². The second kappa shape index (κ2) is 7.64. The lowest BCUT2D eigenvalue weighted by Crippen LogP contribution is -2.21. The van der Waals surface area contributed by atoms with Gasteiger partial charge < -0.3 is 10.1 Å². The Bertz CT molecular complexity index is 711. The molecule has 1 N–H and O–H groups in total. The lowest BCUT2D eigenvalue weighted by Gasteiger charge is -2.15. The number of rotatable bonds is 5. The second-order valence-electron chi connectivity index (χ2n) is 5.99. The first kappa shape index (κ1) is 17.5. The van der Waals surface area contributed by atoms with Gasteiger partial charge in [-0.15, -0.1) is 0 Å². The third-order valence-corrected chi connectivity index (χ3v) is 4.10. The van der Waals surface area contributed by atoms with Gasteiger partial charge in [-0.1, -0.05) is 47.5 Å². The van der Waals surface area contributed by atoms with Gasteiger partial charge in [-0.25, -0.2) is 0 Å². The molecule has 122 valence electrons. The molecule has 0 unspecified atom stereocenters. The van der Waals surface area contributed by atoms with Gasteiger partial charge in [0, 0.05) is 10.2 Å². The average Bonchev–Trinajstić information content (AvgIpc) is 2.48. The Labute approximate surface area is 146 Å². The zero-order valence-electron chi connectivity index (χ0n) is 13.9. The number of nitrogens with one attached hydrogen (secondary N) is 1. The fourth-order valence-electron chi connectivity index (χ4n) is 2.39. The summed E-state index contributed by atoms with van der Waals surface area (Å²) in [6.07, 6.45) is 0. The van der Waals surface area contributed by atoms with Gasteiger partial charge in [-0.05, 0) is 55.2 Å². The average molecular weight is 376 g/mol. The molecule has 2 rings (SSSR count). The molecule has 0 saturated carbocycles. The number of hydrogen-bond acceptors (Lipinski definition) is 2. The highest BCUT2D eigenvalue weighted by atomic mass is 79.9. The molecule has 0 bridgehead atoms. The highest BCUT2D eigenvalue weighted by Gasteiger charge is 2.11. The molecule has 0 aliphatic carbocycles. The topological polar surface area (TPSA) is 38.3 Å². The van der Waals surface area contributed by atoms with Crippen molar-refractivity contribution in [1.29, 1.82) is 0 Å². The number of ether oxygens (including phenoxy) is 1. The van der Waals surface area contributed by atoms with Crippen LogP contribution in [0.3, 0.4) is 0 Å². The highest BCUT2D eigenvalue weighted by molar-refractivity contribution is 9.10. The van der Waals surface area contributed by atoms with Crippen LogP contribution >= 0.6 is 15.9 Å². The van der Waals surface area contributed by atoms with Crippen molar-refractivity contribution in [2.45, 2.75) is 33.6 Å². The van der Waals surface area contributed by atoms with E-state index in [1.807, 2.05) is 50.2 Å². The standard InChI is InChI=1S/C19H22BrNO2/c1-12(2)16-10-15(20)6-8-18(16)23-11-19(22)21-17-7-5-13(3)9-14(17)4/h5-10,12H,11H2,1-4H3,(H,21,22). The molecule has 0 atom stereocenters. The largest absolute Gasteiger partial charge is 0.483 e. The molecule has 4 heteroatoms. The van der Waals surface area contributed by atoms with Crippen LogP contribution in [0.5, 0.6) is 5.75 Å². The van der Waals surface area contributed by atoms with E-state index in [-0.39, 0.29) is 12.5 Å². The summed E-state index contributed by atoms with van der Waals surface area (Å²) >= 11 is 3.47. The number of anilines is 1. The lowest BCUT2D eigenvalue weighted by molar-refractivity contribution is -0.118. The number of carbonyl (C=O) groups excluding carboxylic acids is 1. The van der Waals surface area contributed by atoms with Gasteiger partial charge in [0.05, 0.1) is 0 Å². The number of carbonyl (C=O) groups is 1. The molecule has 1 amide bonds. The molecule has 3 nitrogen and oxygen atoms in total. The van der Waals surface area contributed by atoms with Gasteiger partial charge in [0.15, 0.2) is 6.61 Å². The van der Waals surface area contributed by atoms with E-state index in [9.17, 15) is 4.79 Å². The van der Waals surface area contributed by atoms with Crippen molar-refractivity contribution in [3.05, 3.63) is 57.6 Å². The van der Waals surface area contributed by atoms with Crippen LogP contribution in [-0.2, 0) is 4.79 Å². The molecule has 0 saturated heterocycles. The number of benzene rings is 2. The maximum absolute atomic E-state index is 12.1. The maximum Gasteiger partial charge on any atom is 0.262 e.